The van der Waals surface area contributed by atoms with Gasteiger partial charge in [-0.2, -0.15) is 4.98 Å². The number of rotatable bonds is 14. The van der Waals surface area contributed by atoms with Gasteiger partial charge < -0.3 is 36.7 Å². The molecule has 40 heavy (non-hydrogen) atoms. The van der Waals surface area contributed by atoms with Gasteiger partial charge in [-0.05, 0) is 48.9 Å². The van der Waals surface area contributed by atoms with Crippen LogP contribution in [-0.4, -0.2) is 72.1 Å². The molecule has 0 fully saturated rings. The molecule has 0 saturated carbocycles. The maximum atomic E-state index is 12.6. The quantitative estimate of drug-likeness (QED) is 0.122. The van der Waals surface area contributed by atoms with Crippen molar-refractivity contribution in [3.8, 4) is 0 Å². The Kier molecular flexibility index (Phi) is 9.56. The van der Waals surface area contributed by atoms with Crippen molar-refractivity contribution in [2.45, 2.75) is 50.6 Å². The molecule has 9 N–H and O–H groups in total. The second kappa shape index (κ2) is 13.0. The summed E-state index contributed by atoms with van der Waals surface area (Å²) in [5.74, 6) is -5.50. The number of anilines is 1. The van der Waals surface area contributed by atoms with Crippen molar-refractivity contribution >= 4 is 46.7 Å². The van der Waals surface area contributed by atoms with E-state index in [1.807, 2.05) is 0 Å². The fraction of sp³-hybridized carbons (Fsp3) is 0.320. The first-order chi connectivity index (χ1) is 18.9. The van der Waals surface area contributed by atoms with E-state index in [1.165, 1.54) is 12.1 Å². The molecule has 0 bridgehead atoms. The molecule has 212 valence electrons. The number of hydrogen-bond acceptors (Lipinski definition) is 8. The number of amides is 2. The summed E-state index contributed by atoms with van der Waals surface area (Å²) in [6.45, 7) is 0. The van der Waals surface area contributed by atoms with Gasteiger partial charge in [-0.15, -0.1) is 0 Å². The Morgan fingerprint density at radius 1 is 0.900 bits per heavy atom. The van der Waals surface area contributed by atoms with Crippen LogP contribution in [0.1, 0.15) is 47.2 Å². The summed E-state index contributed by atoms with van der Waals surface area (Å²) in [6, 6.07) is 3.55. The Morgan fingerprint density at radius 3 is 2.15 bits per heavy atom. The molecule has 0 radical (unpaired) electrons. The molecule has 1 unspecified atom stereocenters. The number of carbonyl (C=O) groups excluding carboxylic acids is 2. The van der Waals surface area contributed by atoms with Crippen LogP contribution in [0.25, 0.3) is 11.0 Å². The highest BCUT2D eigenvalue weighted by Crippen LogP contribution is 2.16. The number of aromatic amines is 2. The summed E-state index contributed by atoms with van der Waals surface area (Å²) in [7, 11) is 0. The van der Waals surface area contributed by atoms with Crippen LogP contribution < -0.4 is 21.9 Å². The lowest BCUT2D eigenvalue weighted by atomic mass is 10.0. The van der Waals surface area contributed by atoms with E-state index in [9.17, 15) is 33.9 Å². The molecule has 3 aromatic rings. The molecule has 15 heteroatoms. The minimum atomic E-state index is -1.44. The highest BCUT2D eigenvalue weighted by atomic mass is 16.5. The van der Waals surface area contributed by atoms with Gasteiger partial charge in [0.2, 0.25) is 11.9 Å². The maximum absolute atomic E-state index is 12.6. The lowest BCUT2D eigenvalue weighted by Gasteiger charge is -2.16. The summed E-state index contributed by atoms with van der Waals surface area (Å²) < 4.78 is 0. The van der Waals surface area contributed by atoms with E-state index in [0.29, 0.717) is 23.9 Å². The van der Waals surface area contributed by atoms with Crippen molar-refractivity contribution in [3.63, 3.8) is 0 Å². The van der Waals surface area contributed by atoms with E-state index in [0.717, 1.165) is 11.1 Å². The molecule has 0 saturated heterocycles. The number of aromatic nitrogens is 3. The molecule has 2 aromatic heterocycles. The first-order valence-corrected chi connectivity index (χ1v) is 12.2. The van der Waals surface area contributed by atoms with Crippen LogP contribution in [0.15, 0.2) is 35.3 Å². The lowest BCUT2D eigenvalue weighted by molar-refractivity contribution is -0.143. The van der Waals surface area contributed by atoms with Crippen molar-refractivity contribution in [2.75, 3.05) is 5.73 Å². The Hall–Kier alpha value is -5.21. The molecule has 15 nitrogen and oxygen atoms in total. The van der Waals surface area contributed by atoms with Crippen LogP contribution in [0.5, 0.6) is 0 Å². The lowest BCUT2D eigenvalue weighted by Crippen LogP contribution is -2.44. The van der Waals surface area contributed by atoms with Gasteiger partial charge in [-0.1, -0.05) is 12.1 Å². The highest BCUT2D eigenvalue weighted by Gasteiger charge is 2.24. The van der Waals surface area contributed by atoms with Gasteiger partial charge in [-0.3, -0.25) is 24.2 Å². The molecule has 1 aromatic carbocycles. The molecule has 0 spiro atoms. The number of fused-ring (bicyclic) bond motifs is 1. The zero-order valence-electron chi connectivity index (χ0n) is 21.1. The van der Waals surface area contributed by atoms with Crippen LogP contribution in [0.3, 0.4) is 0 Å². The zero-order chi connectivity index (χ0) is 29.4. The molecule has 2 atom stereocenters. The number of nitrogens with two attached hydrogens (primary N) is 1. The van der Waals surface area contributed by atoms with E-state index in [2.05, 4.69) is 25.6 Å². The molecule has 0 aliphatic rings. The molecule has 3 rings (SSSR count). The van der Waals surface area contributed by atoms with E-state index >= 15 is 0 Å². The van der Waals surface area contributed by atoms with E-state index in [-0.39, 0.29) is 29.9 Å². The third kappa shape index (κ3) is 7.89. The van der Waals surface area contributed by atoms with Crippen LogP contribution in [-0.2, 0) is 32.0 Å². The van der Waals surface area contributed by atoms with Gasteiger partial charge >= 0.3 is 17.9 Å². The maximum Gasteiger partial charge on any atom is 0.326 e. The molecular formula is C25H28N6O9. The van der Waals surface area contributed by atoms with Gasteiger partial charge in [-0.25, -0.2) is 9.59 Å². The van der Waals surface area contributed by atoms with Crippen LogP contribution in [0.2, 0.25) is 0 Å². The molecule has 0 aliphatic carbocycles. The van der Waals surface area contributed by atoms with Crippen molar-refractivity contribution in [3.05, 3.63) is 57.5 Å². The Balaban J connectivity index is 1.54. The van der Waals surface area contributed by atoms with Crippen LogP contribution in [0.4, 0.5) is 5.95 Å². The second-order valence-corrected chi connectivity index (χ2v) is 8.98. The number of nitrogen functional groups attached to an aromatic ring is 1. The molecule has 2 heterocycles. The number of H-pyrrole nitrogens is 2. The molecule has 0 aliphatic heterocycles. The Morgan fingerprint density at radius 2 is 1.52 bits per heavy atom. The van der Waals surface area contributed by atoms with E-state index in [1.54, 1.807) is 18.3 Å². The van der Waals surface area contributed by atoms with Crippen molar-refractivity contribution in [1.82, 2.24) is 25.6 Å². The number of benzene rings is 1. The average Bonchev–Trinajstić information content (AvgIpc) is 3.30. The number of nitrogens with one attached hydrogen (secondary N) is 4. The average molecular weight is 561 g/mol. The van der Waals surface area contributed by atoms with Crippen LogP contribution >= 0.6 is 0 Å². The highest BCUT2D eigenvalue weighted by molar-refractivity contribution is 5.96. The fourth-order valence-electron chi connectivity index (χ4n) is 3.99. The second-order valence-electron chi connectivity index (χ2n) is 8.98. The first kappa shape index (κ1) is 29.3. The molecular weight excluding hydrogens is 533 g/mol. The van der Waals surface area contributed by atoms with Gasteiger partial charge in [0.05, 0.1) is 5.39 Å². The minimum absolute atomic E-state index is 0.00739. The molecule has 2 amide bonds. The summed E-state index contributed by atoms with van der Waals surface area (Å²) in [4.78, 5) is 79.9. The SMILES string of the molecule is Nc1nc2[nH]cc(CCc3ccc(C(=O)N[C@@H](CCC(=O)N[13CH]([13CH2][13CH2][13C](=O)O)[13C](=O)O)C(=O)O)cc3)c2c(=O)[nH]1. The first-order valence-electron chi connectivity index (χ1n) is 12.2. The van der Waals surface area contributed by atoms with Crippen molar-refractivity contribution in [2.24, 2.45) is 0 Å². The number of hydrogen-bond donors (Lipinski definition) is 8. The Labute approximate surface area is 225 Å². The predicted octanol–water partition coefficient (Wildman–Crippen LogP) is 0.0160. The third-order valence-corrected chi connectivity index (χ3v) is 6.08. The summed E-state index contributed by atoms with van der Waals surface area (Å²) in [5.41, 5.74) is 7.37. The van der Waals surface area contributed by atoms with Gasteiger partial charge in [0, 0.05) is 24.6 Å². The zero-order valence-corrected chi connectivity index (χ0v) is 21.1. The number of nitrogens with zero attached hydrogens (tertiary/aromatic N) is 1. The predicted molar refractivity (Wildman–Crippen MR) is 140 cm³/mol. The standard InChI is InChI=1S/C25H28N6O9/c26-25-30-20-19(22(36)31-25)14(11-27-20)6-3-12-1-4-13(5-2-12)21(35)29-16(24(39)40)7-9-17(32)28-15(23(37)38)8-10-18(33)34/h1-2,4-5,11,15-16H,3,6-10H2,(H,28,32)(H,29,35)(H,33,34)(H,37,38)(H,39,40)(H4,26,27,30,31,36)/t15?,16-/m0/s1/i8+1,10+1,15+1,18+1,23+1. The number of carbonyl (C=O) groups is 5. The largest absolute Gasteiger partial charge is 0.481 e. The summed E-state index contributed by atoms with van der Waals surface area (Å²) in [5, 5.41) is 32.2. The van der Waals surface area contributed by atoms with Gasteiger partial charge in [0.1, 0.15) is 17.7 Å². The number of carboxylic acid groups (broad SMARTS) is 3. The van der Waals surface area contributed by atoms with Gasteiger partial charge in [0.25, 0.3) is 11.5 Å². The summed E-state index contributed by atoms with van der Waals surface area (Å²) in [6.07, 6.45) is 1.18. The number of aliphatic carboxylic acids is 3. The third-order valence-electron chi connectivity index (χ3n) is 6.08. The van der Waals surface area contributed by atoms with Crippen LogP contribution in [0, 0.1) is 0 Å². The van der Waals surface area contributed by atoms with E-state index in [4.69, 9.17) is 15.9 Å². The monoisotopic (exact) mass is 561 g/mol. The minimum Gasteiger partial charge on any atom is -0.481 e. The number of aryl methyl sites for hydroxylation is 2. The smallest absolute Gasteiger partial charge is 0.326 e. The number of carboxylic acids is 3. The van der Waals surface area contributed by atoms with E-state index < -0.39 is 54.6 Å². The fourth-order valence-corrected chi connectivity index (χ4v) is 3.99. The Bertz CT molecular complexity index is 1480. The normalized spacial score (nSPS) is 12.4. The van der Waals surface area contributed by atoms with Crippen molar-refractivity contribution < 1.29 is 39.3 Å². The topological polar surface area (TPSA) is 258 Å². The van der Waals surface area contributed by atoms with Crippen molar-refractivity contribution in [1.29, 1.82) is 0 Å². The summed E-state index contributed by atoms with van der Waals surface area (Å²) >= 11 is 0. The van der Waals surface area contributed by atoms with Gasteiger partial charge in [0.15, 0.2) is 0 Å².